The zero-order valence-corrected chi connectivity index (χ0v) is 14.2. The Balaban J connectivity index is 2.54. The first kappa shape index (κ1) is 17.4. The second-order valence-electron chi connectivity index (χ2n) is 7.58. The molecule has 1 rings (SSSR count). The van der Waals surface area contributed by atoms with Gasteiger partial charge in [0.15, 0.2) is 0 Å². The van der Waals surface area contributed by atoms with Crippen LogP contribution in [-0.2, 0) is 4.79 Å². The van der Waals surface area contributed by atoms with Gasteiger partial charge < -0.3 is 10.2 Å². The molecule has 0 radical (unpaired) electrons. The van der Waals surface area contributed by atoms with Crippen molar-refractivity contribution in [3.05, 3.63) is 0 Å². The van der Waals surface area contributed by atoms with Crippen LogP contribution in [0.15, 0.2) is 0 Å². The van der Waals surface area contributed by atoms with Gasteiger partial charge in [0.05, 0.1) is 0 Å². The van der Waals surface area contributed by atoms with Crippen molar-refractivity contribution in [3.63, 3.8) is 0 Å². The molecule has 4 heteroatoms. The van der Waals surface area contributed by atoms with Crippen molar-refractivity contribution in [2.45, 2.75) is 47.1 Å². The van der Waals surface area contributed by atoms with Gasteiger partial charge in [-0.2, -0.15) is 0 Å². The zero-order valence-electron chi connectivity index (χ0n) is 14.2. The monoisotopic (exact) mass is 283 g/mol. The van der Waals surface area contributed by atoms with Crippen LogP contribution in [0.25, 0.3) is 0 Å². The highest BCUT2D eigenvalue weighted by Crippen LogP contribution is 2.16. The average molecular weight is 283 g/mol. The van der Waals surface area contributed by atoms with E-state index in [4.69, 9.17) is 0 Å². The van der Waals surface area contributed by atoms with Crippen molar-refractivity contribution in [2.75, 3.05) is 39.8 Å². The molecule has 0 aromatic heterocycles. The van der Waals surface area contributed by atoms with Crippen molar-refractivity contribution in [1.82, 2.24) is 15.1 Å². The minimum atomic E-state index is -0.301. The van der Waals surface area contributed by atoms with E-state index in [1.807, 2.05) is 20.8 Å². The molecule has 0 saturated carbocycles. The fourth-order valence-electron chi connectivity index (χ4n) is 2.57. The maximum atomic E-state index is 12.1. The first-order valence-electron chi connectivity index (χ1n) is 7.91. The summed E-state index contributed by atoms with van der Waals surface area (Å²) < 4.78 is 0. The number of amides is 1. The van der Waals surface area contributed by atoms with Gasteiger partial charge in [0.2, 0.25) is 5.91 Å². The molecule has 0 spiro atoms. The minimum Gasteiger partial charge on any atom is -0.354 e. The number of hydrogen-bond donors (Lipinski definition) is 1. The minimum absolute atomic E-state index is 0.153. The number of hydrogen-bond acceptors (Lipinski definition) is 3. The molecular weight excluding hydrogens is 250 g/mol. The van der Waals surface area contributed by atoms with Gasteiger partial charge in [0.25, 0.3) is 0 Å². The highest BCUT2D eigenvalue weighted by molar-refractivity contribution is 5.81. The number of rotatable bonds is 5. The lowest BCUT2D eigenvalue weighted by atomic mass is 9.95. The van der Waals surface area contributed by atoms with Gasteiger partial charge in [0, 0.05) is 44.2 Å². The fourth-order valence-corrected chi connectivity index (χ4v) is 2.57. The van der Waals surface area contributed by atoms with Crippen molar-refractivity contribution in [2.24, 2.45) is 11.3 Å². The van der Waals surface area contributed by atoms with Crippen LogP contribution in [0.4, 0.5) is 0 Å². The normalized spacial score (nSPS) is 20.1. The van der Waals surface area contributed by atoms with Crippen molar-refractivity contribution < 1.29 is 4.79 Å². The Kier molecular flexibility index (Phi) is 6.46. The molecule has 20 heavy (non-hydrogen) atoms. The van der Waals surface area contributed by atoms with Crippen LogP contribution in [0.3, 0.4) is 0 Å². The summed E-state index contributed by atoms with van der Waals surface area (Å²) in [5, 5.41) is 3.14. The summed E-state index contributed by atoms with van der Waals surface area (Å²) in [6, 6.07) is 0.468. The zero-order chi connectivity index (χ0) is 15.3. The molecule has 118 valence electrons. The summed E-state index contributed by atoms with van der Waals surface area (Å²) >= 11 is 0. The summed E-state index contributed by atoms with van der Waals surface area (Å²) in [4.78, 5) is 17.0. The lowest BCUT2D eigenvalue weighted by Gasteiger charge is -2.39. The molecule has 4 nitrogen and oxygen atoms in total. The van der Waals surface area contributed by atoms with Crippen LogP contribution >= 0.6 is 0 Å². The summed E-state index contributed by atoms with van der Waals surface area (Å²) in [6.07, 6.45) is 1.15. The fraction of sp³-hybridized carbons (Fsp3) is 0.938. The quantitative estimate of drug-likeness (QED) is 0.836. The van der Waals surface area contributed by atoms with Crippen LogP contribution in [-0.4, -0.2) is 61.5 Å². The smallest absolute Gasteiger partial charge is 0.225 e. The predicted molar refractivity (Wildman–Crippen MR) is 84.8 cm³/mol. The maximum absolute atomic E-state index is 12.1. The Morgan fingerprint density at radius 1 is 1.15 bits per heavy atom. The van der Waals surface area contributed by atoms with Gasteiger partial charge >= 0.3 is 0 Å². The van der Waals surface area contributed by atoms with Crippen LogP contribution in [0, 0.1) is 11.3 Å². The van der Waals surface area contributed by atoms with Crippen LogP contribution < -0.4 is 5.32 Å². The Labute approximate surface area is 124 Å². The van der Waals surface area contributed by atoms with E-state index in [0.717, 1.165) is 39.1 Å². The number of nitrogens with zero attached hydrogens (tertiary/aromatic N) is 2. The molecule has 1 aliphatic rings. The van der Waals surface area contributed by atoms with E-state index in [0.29, 0.717) is 12.0 Å². The molecule has 1 saturated heterocycles. The second kappa shape index (κ2) is 7.41. The molecule has 0 bridgehead atoms. The lowest BCUT2D eigenvalue weighted by molar-refractivity contribution is -0.128. The third-order valence-electron chi connectivity index (χ3n) is 3.98. The van der Waals surface area contributed by atoms with Gasteiger partial charge in [-0.25, -0.2) is 0 Å². The molecule has 1 atom stereocenters. The number of piperazine rings is 1. The van der Waals surface area contributed by atoms with Gasteiger partial charge in [-0.1, -0.05) is 34.6 Å². The van der Waals surface area contributed by atoms with Gasteiger partial charge in [-0.3, -0.25) is 9.69 Å². The second-order valence-corrected chi connectivity index (χ2v) is 7.58. The summed E-state index contributed by atoms with van der Waals surface area (Å²) in [5.41, 5.74) is -0.301. The van der Waals surface area contributed by atoms with Gasteiger partial charge in [-0.15, -0.1) is 0 Å². The number of carbonyl (C=O) groups is 1. The molecule has 1 unspecified atom stereocenters. The van der Waals surface area contributed by atoms with E-state index >= 15 is 0 Å². The summed E-state index contributed by atoms with van der Waals surface area (Å²) in [5.74, 6) is 0.812. The van der Waals surface area contributed by atoms with Crippen LogP contribution in [0.5, 0.6) is 0 Å². The lowest BCUT2D eigenvalue weighted by Crippen LogP contribution is -2.53. The van der Waals surface area contributed by atoms with Gasteiger partial charge in [0.1, 0.15) is 0 Å². The first-order valence-corrected chi connectivity index (χ1v) is 7.91. The maximum Gasteiger partial charge on any atom is 0.225 e. The molecular formula is C16H33N3O. The summed E-state index contributed by atoms with van der Waals surface area (Å²) in [7, 11) is 2.18. The first-order chi connectivity index (χ1) is 9.20. The predicted octanol–water partition coefficient (Wildman–Crippen LogP) is 1.81. The third kappa shape index (κ3) is 5.80. The summed E-state index contributed by atoms with van der Waals surface area (Å²) in [6.45, 7) is 15.7. The van der Waals surface area contributed by atoms with E-state index in [1.54, 1.807) is 0 Å². The Morgan fingerprint density at radius 3 is 2.15 bits per heavy atom. The van der Waals surface area contributed by atoms with E-state index in [-0.39, 0.29) is 11.3 Å². The van der Waals surface area contributed by atoms with Crippen molar-refractivity contribution >= 4 is 5.91 Å². The molecule has 1 aliphatic heterocycles. The van der Waals surface area contributed by atoms with E-state index in [1.165, 1.54) is 0 Å². The number of nitrogens with one attached hydrogen (secondary N) is 1. The van der Waals surface area contributed by atoms with E-state index in [2.05, 4.69) is 36.0 Å². The highest BCUT2D eigenvalue weighted by atomic mass is 16.2. The van der Waals surface area contributed by atoms with Crippen molar-refractivity contribution in [1.29, 1.82) is 0 Å². The number of likely N-dealkylation sites (N-methyl/N-ethyl adjacent to an activating group) is 1. The van der Waals surface area contributed by atoms with Gasteiger partial charge in [-0.05, 0) is 19.4 Å². The molecule has 0 aromatic rings. The molecule has 0 aliphatic carbocycles. The molecule has 1 N–H and O–H groups in total. The highest BCUT2D eigenvalue weighted by Gasteiger charge is 2.26. The number of carbonyl (C=O) groups excluding carboxylic acids is 1. The molecule has 1 fully saturated rings. The average Bonchev–Trinajstić information content (AvgIpc) is 2.33. The third-order valence-corrected chi connectivity index (χ3v) is 3.98. The standard InChI is InChI=1S/C16H33N3O/c1-13(2)11-14(12-17-15(20)16(3,4)5)19-9-7-18(6)8-10-19/h13-14H,7-12H2,1-6H3,(H,17,20). The Hall–Kier alpha value is -0.610. The molecule has 1 amide bonds. The molecule has 0 aromatic carbocycles. The topological polar surface area (TPSA) is 35.6 Å². The van der Waals surface area contributed by atoms with E-state index < -0.39 is 0 Å². The van der Waals surface area contributed by atoms with Crippen LogP contribution in [0.2, 0.25) is 0 Å². The van der Waals surface area contributed by atoms with Crippen LogP contribution in [0.1, 0.15) is 41.0 Å². The Bertz CT molecular complexity index is 301. The Morgan fingerprint density at radius 2 is 1.70 bits per heavy atom. The largest absolute Gasteiger partial charge is 0.354 e. The van der Waals surface area contributed by atoms with Crippen molar-refractivity contribution in [3.8, 4) is 0 Å². The SMILES string of the molecule is CC(C)CC(CNC(=O)C(C)(C)C)N1CCN(C)CC1. The molecule has 1 heterocycles. The van der Waals surface area contributed by atoms with E-state index in [9.17, 15) is 4.79 Å².